The molecule has 0 spiro atoms. The smallest absolute Gasteiger partial charge is 0.117 e. The van der Waals surface area contributed by atoms with Gasteiger partial charge in [0.1, 0.15) is 5.75 Å². The second-order valence-corrected chi connectivity index (χ2v) is 3.77. The zero-order valence-corrected chi connectivity index (χ0v) is 8.65. The summed E-state index contributed by atoms with van der Waals surface area (Å²) in [7, 11) is 0. The van der Waals surface area contributed by atoms with Crippen LogP contribution in [-0.4, -0.2) is 36.3 Å². The average molecular weight is 208 g/mol. The van der Waals surface area contributed by atoms with Crippen molar-refractivity contribution in [3.05, 3.63) is 23.8 Å². The van der Waals surface area contributed by atoms with Gasteiger partial charge in [0.25, 0.3) is 0 Å². The number of hydrogen-bond acceptors (Lipinski definition) is 4. The average Bonchev–Trinajstić information content (AvgIpc) is 2.24. The van der Waals surface area contributed by atoms with Crippen LogP contribution in [0.1, 0.15) is 5.56 Å². The molecule has 4 heteroatoms. The number of nitrogens with two attached hydrogens (primary N) is 1. The largest absolute Gasteiger partial charge is 0.508 e. The van der Waals surface area contributed by atoms with Crippen LogP contribution in [0.2, 0.25) is 0 Å². The number of nitrogen functional groups attached to an aromatic ring is 1. The maximum Gasteiger partial charge on any atom is 0.117 e. The molecular weight excluding hydrogens is 192 g/mol. The van der Waals surface area contributed by atoms with E-state index in [9.17, 15) is 5.11 Å². The molecule has 0 saturated carbocycles. The summed E-state index contributed by atoms with van der Waals surface area (Å²) >= 11 is 0. The van der Waals surface area contributed by atoms with Crippen molar-refractivity contribution in [3.63, 3.8) is 0 Å². The minimum Gasteiger partial charge on any atom is -0.508 e. The summed E-state index contributed by atoms with van der Waals surface area (Å²) in [6.07, 6.45) is 0. The number of rotatable bonds is 2. The van der Waals surface area contributed by atoms with E-state index in [0.717, 1.165) is 38.4 Å². The molecule has 3 N–H and O–H groups in total. The van der Waals surface area contributed by atoms with Crippen LogP contribution in [0.25, 0.3) is 0 Å². The lowest BCUT2D eigenvalue weighted by molar-refractivity contribution is 0.0343. The number of phenols is 1. The zero-order valence-electron chi connectivity index (χ0n) is 8.65. The zero-order chi connectivity index (χ0) is 10.7. The first-order chi connectivity index (χ1) is 7.25. The third kappa shape index (κ3) is 2.61. The molecule has 0 radical (unpaired) electrons. The number of nitrogens with zero attached hydrogens (tertiary/aromatic N) is 1. The summed E-state index contributed by atoms with van der Waals surface area (Å²) in [6, 6.07) is 5.14. The van der Waals surface area contributed by atoms with Crippen molar-refractivity contribution < 1.29 is 9.84 Å². The lowest BCUT2D eigenvalue weighted by Crippen LogP contribution is -2.35. The third-order valence-electron chi connectivity index (χ3n) is 2.63. The van der Waals surface area contributed by atoms with E-state index in [4.69, 9.17) is 10.5 Å². The van der Waals surface area contributed by atoms with E-state index in [1.807, 2.05) is 6.07 Å². The van der Waals surface area contributed by atoms with Crippen LogP contribution >= 0.6 is 0 Å². The Morgan fingerprint density at radius 3 is 2.73 bits per heavy atom. The molecule has 0 aromatic heterocycles. The van der Waals surface area contributed by atoms with E-state index in [-0.39, 0.29) is 5.75 Å². The quantitative estimate of drug-likeness (QED) is 0.706. The monoisotopic (exact) mass is 208 g/mol. The van der Waals surface area contributed by atoms with Crippen molar-refractivity contribution >= 4 is 5.69 Å². The Balaban J connectivity index is 2.03. The third-order valence-corrected chi connectivity index (χ3v) is 2.63. The number of ether oxygens (including phenoxy) is 1. The van der Waals surface area contributed by atoms with Gasteiger partial charge in [-0.1, -0.05) is 6.07 Å². The summed E-state index contributed by atoms with van der Waals surface area (Å²) in [5.41, 5.74) is 7.54. The molecule has 2 rings (SSSR count). The van der Waals surface area contributed by atoms with Crippen LogP contribution in [0, 0.1) is 0 Å². The molecule has 1 aromatic carbocycles. The van der Waals surface area contributed by atoms with Gasteiger partial charge in [-0.15, -0.1) is 0 Å². The highest BCUT2D eigenvalue weighted by atomic mass is 16.5. The van der Waals surface area contributed by atoms with Crippen molar-refractivity contribution in [1.29, 1.82) is 0 Å². The summed E-state index contributed by atoms with van der Waals surface area (Å²) in [5, 5.41) is 9.23. The van der Waals surface area contributed by atoms with E-state index in [1.165, 1.54) is 0 Å². The molecule has 1 saturated heterocycles. The predicted molar refractivity (Wildman–Crippen MR) is 58.6 cm³/mol. The Labute approximate surface area is 89.3 Å². The molecule has 1 aromatic rings. The van der Waals surface area contributed by atoms with Crippen molar-refractivity contribution in [1.82, 2.24) is 4.90 Å². The van der Waals surface area contributed by atoms with Crippen molar-refractivity contribution in [2.45, 2.75) is 6.54 Å². The van der Waals surface area contributed by atoms with Crippen LogP contribution < -0.4 is 5.73 Å². The molecule has 0 unspecified atom stereocenters. The molecule has 0 amide bonds. The number of anilines is 1. The Hall–Kier alpha value is -1.26. The lowest BCUT2D eigenvalue weighted by atomic mass is 10.1. The molecule has 0 aliphatic carbocycles. The van der Waals surface area contributed by atoms with Crippen molar-refractivity contribution in [3.8, 4) is 5.75 Å². The minimum atomic E-state index is 0.221. The first-order valence-corrected chi connectivity index (χ1v) is 5.13. The molecule has 1 aliphatic rings. The van der Waals surface area contributed by atoms with Gasteiger partial charge in [0.15, 0.2) is 0 Å². The van der Waals surface area contributed by atoms with E-state index >= 15 is 0 Å². The summed E-state index contributed by atoms with van der Waals surface area (Å²) in [6.45, 7) is 4.30. The molecule has 15 heavy (non-hydrogen) atoms. The van der Waals surface area contributed by atoms with E-state index < -0.39 is 0 Å². The van der Waals surface area contributed by atoms with Crippen LogP contribution in [0.5, 0.6) is 5.75 Å². The molecule has 1 aliphatic heterocycles. The maximum atomic E-state index is 9.23. The van der Waals surface area contributed by atoms with Crippen molar-refractivity contribution in [2.24, 2.45) is 0 Å². The van der Waals surface area contributed by atoms with Crippen LogP contribution in [0.15, 0.2) is 18.2 Å². The Bertz CT molecular complexity index is 335. The normalized spacial score (nSPS) is 17.9. The van der Waals surface area contributed by atoms with E-state index in [1.54, 1.807) is 12.1 Å². The number of hydrogen-bond donors (Lipinski definition) is 2. The molecule has 1 heterocycles. The second kappa shape index (κ2) is 4.51. The van der Waals surface area contributed by atoms with Gasteiger partial charge in [-0.05, 0) is 11.6 Å². The highest BCUT2D eigenvalue weighted by Crippen LogP contribution is 2.20. The lowest BCUT2D eigenvalue weighted by Gasteiger charge is -2.27. The molecule has 0 atom stereocenters. The number of benzene rings is 1. The van der Waals surface area contributed by atoms with Gasteiger partial charge in [-0.2, -0.15) is 0 Å². The second-order valence-electron chi connectivity index (χ2n) is 3.77. The van der Waals surface area contributed by atoms with Gasteiger partial charge in [0, 0.05) is 31.4 Å². The van der Waals surface area contributed by atoms with Gasteiger partial charge in [-0.25, -0.2) is 0 Å². The van der Waals surface area contributed by atoms with Gasteiger partial charge in [0.2, 0.25) is 0 Å². The van der Waals surface area contributed by atoms with E-state index in [2.05, 4.69) is 4.90 Å². The minimum absolute atomic E-state index is 0.221. The molecule has 4 nitrogen and oxygen atoms in total. The Morgan fingerprint density at radius 2 is 2.07 bits per heavy atom. The summed E-state index contributed by atoms with van der Waals surface area (Å²) in [4.78, 5) is 2.30. The van der Waals surface area contributed by atoms with Crippen LogP contribution in [0.4, 0.5) is 5.69 Å². The Morgan fingerprint density at radius 1 is 1.33 bits per heavy atom. The molecule has 1 fully saturated rings. The SMILES string of the molecule is Nc1cc(O)ccc1CN1CCOCC1. The Kier molecular flexibility index (Phi) is 3.08. The number of morpholine rings is 1. The number of aromatic hydroxyl groups is 1. The predicted octanol–water partition coefficient (Wildman–Crippen LogP) is 0.807. The fourth-order valence-electron chi connectivity index (χ4n) is 1.73. The van der Waals surface area contributed by atoms with Gasteiger partial charge in [-0.3, -0.25) is 4.90 Å². The highest BCUT2D eigenvalue weighted by Gasteiger charge is 2.11. The first-order valence-electron chi connectivity index (χ1n) is 5.13. The molecular formula is C11H16N2O2. The summed E-state index contributed by atoms with van der Waals surface area (Å²) < 4.78 is 5.27. The molecule has 82 valence electrons. The van der Waals surface area contributed by atoms with Crippen molar-refractivity contribution in [2.75, 3.05) is 32.0 Å². The number of phenolic OH excluding ortho intramolecular Hbond substituents is 1. The fourth-order valence-corrected chi connectivity index (χ4v) is 1.73. The first kappa shape index (κ1) is 10.3. The van der Waals surface area contributed by atoms with Gasteiger partial charge < -0.3 is 15.6 Å². The fraction of sp³-hybridized carbons (Fsp3) is 0.455. The van der Waals surface area contributed by atoms with Gasteiger partial charge >= 0.3 is 0 Å². The van der Waals surface area contributed by atoms with Crippen LogP contribution in [0.3, 0.4) is 0 Å². The van der Waals surface area contributed by atoms with Gasteiger partial charge in [0.05, 0.1) is 13.2 Å². The summed E-state index contributed by atoms with van der Waals surface area (Å²) in [5.74, 6) is 0.221. The highest BCUT2D eigenvalue weighted by molar-refractivity contribution is 5.50. The maximum absolute atomic E-state index is 9.23. The topological polar surface area (TPSA) is 58.7 Å². The van der Waals surface area contributed by atoms with E-state index in [0.29, 0.717) is 5.69 Å². The standard InChI is InChI=1S/C11H16N2O2/c12-11-7-10(14)2-1-9(11)8-13-3-5-15-6-4-13/h1-2,7,14H,3-6,8,12H2. The molecule has 0 bridgehead atoms. The van der Waals surface area contributed by atoms with Crippen LogP contribution in [-0.2, 0) is 11.3 Å².